The van der Waals surface area contributed by atoms with Gasteiger partial charge in [0.25, 0.3) is 0 Å². The highest BCUT2D eigenvalue weighted by atomic mass is 28.4. The lowest BCUT2D eigenvalue weighted by Crippen LogP contribution is -2.49. The zero-order valence-corrected chi connectivity index (χ0v) is 39.8. The molecule has 3 aliphatic carbocycles. The van der Waals surface area contributed by atoms with Crippen molar-refractivity contribution in [1.29, 1.82) is 0 Å². The van der Waals surface area contributed by atoms with Crippen LogP contribution >= 0.6 is 0 Å². The molecule has 51 heavy (non-hydrogen) atoms. The van der Waals surface area contributed by atoms with E-state index in [0.717, 1.165) is 31.3 Å². The Kier molecular flexibility index (Phi) is 14.7. The van der Waals surface area contributed by atoms with E-state index >= 15 is 0 Å². The number of hydrogen-bond acceptors (Lipinski definition) is 3. The minimum atomic E-state index is -1.99. The molecule has 3 aliphatic rings. The van der Waals surface area contributed by atoms with Crippen LogP contribution in [-0.4, -0.2) is 42.8 Å². The zero-order chi connectivity index (χ0) is 38.8. The van der Waals surface area contributed by atoms with Gasteiger partial charge in [-0.1, -0.05) is 111 Å². The lowest BCUT2D eigenvalue weighted by Gasteiger charge is -2.46. The van der Waals surface area contributed by atoms with E-state index in [2.05, 4.69) is 128 Å². The first-order valence-corrected chi connectivity index (χ1v) is 29.4. The molecule has 0 N–H and O–H groups in total. The fourth-order valence-corrected chi connectivity index (χ4v) is 14.9. The van der Waals surface area contributed by atoms with Crippen molar-refractivity contribution in [2.45, 2.75) is 219 Å². The topological polar surface area (TPSA) is 27.7 Å². The van der Waals surface area contributed by atoms with Gasteiger partial charge < -0.3 is 13.3 Å². The average Bonchev–Trinajstić information content (AvgIpc) is 3.37. The summed E-state index contributed by atoms with van der Waals surface area (Å²) >= 11 is 0. The van der Waals surface area contributed by atoms with Gasteiger partial charge in [0.1, 0.15) is 0 Å². The lowest BCUT2D eigenvalue weighted by molar-refractivity contribution is 0.0829. The Morgan fingerprint density at radius 1 is 0.824 bits per heavy atom. The summed E-state index contributed by atoms with van der Waals surface area (Å²) in [5.41, 5.74) is 6.09. The van der Waals surface area contributed by atoms with E-state index in [1.54, 1.807) is 5.57 Å². The van der Waals surface area contributed by atoms with Crippen molar-refractivity contribution < 1.29 is 13.3 Å². The molecule has 3 fully saturated rings. The standard InChI is InChI=1S/C45H84O3Si3/c1-19-51(20-2,21-3)48-44(12,13)30-22-24-34(4)38-28-29-39-37(25-23-31-45(38,39)14)27-26-36-32-40(46-49(15,16)42(6,7)8)35(5)41(33-36)47-50(17,18)43(9,10)11/h26-27,38-41H,4-5,19-25,28-33H2,1-3,6-18H3/b37-27+/t38-,39+,40-,41-,45-/m1/s1. The van der Waals surface area contributed by atoms with Crippen LogP contribution in [0.15, 0.2) is 47.6 Å². The number of allylic oxidation sites excluding steroid dienone is 4. The second-order valence-electron chi connectivity index (χ2n) is 20.9. The molecule has 3 nitrogen and oxygen atoms in total. The Balaban J connectivity index is 1.79. The molecule has 0 heterocycles. The second kappa shape index (κ2) is 16.7. The maximum absolute atomic E-state index is 7.13. The van der Waals surface area contributed by atoms with Gasteiger partial charge in [-0.25, -0.2) is 0 Å². The monoisotopic (exact) mass is 757 g/mol. The minimum Gasteiger partial charge on any atom is -0.412 e. The first-order valence-electron chi connectivity index (χ1n) is 21.1. The third-order valence-electron chi connectivity index (χ3n) is 14.9. The summed E-state index contributed by atoms with van der Waals surface area (Å²) in [7, 11) is -5.59. The maximum Gasteiger partial charge on any atom is 0.192 e. The van der Waals surface area contributed by atoms with Gasteiger partial charge in [-0.05, 0) is 155 Å². The summed E-state index contributed by atoms with van der Waals surface area (Å²) in [6, 6.07) is 3.66. The number of hydrogen-bond donors (Lipinski definition) is 0. The first kappa shape index (κ1) is 44.9. The van der Waals surface area contributed by atoms with Gasteiger partial charge in [0, 0.05) is 0 Å². The summed E-state index contributed by atoms with van der Waals surface area (Å²) in [6.07, 6.45) is 16.8. The molecule has 6 heteroatoms. The molecule has 0 aromatic heterocycles. The summed E-state index contributed by atoms with van der Waals surface area (Å²) in [5.74, 6) is 1.29. The van der Waals surface area contributed by atoms with Gasteiger partial charge in [-0.3, -0.25) is 0 Å². The molecule has 0 amide bonds. The molecule has 0 aromatic rings. The molecule has 0 aliphatic heterocycles. The minimum absolute atomic E-state index is 0.0231. The predicted molar refractivity (Wildman–Crippen MR) is 232 cm³/mol. The molecule has 294 valence electrons. The predicted octanol–water partition coefficient (Wildman–Crippen LogP) is 14.7. The molecule has 0 spiro atoms. The smallest absolute Gasteiger partial charge is 0.192 e. The van der Waals surface area contributed by atoms with Crippen LogP contribution in [0.3, 0.4) is 0 Å². The van der Waals surface area contributed by atoms with Crippen molar-refractivity contribution >= 4 is 25.0 Å². The lowest BCUT2D eigenvalue weighted by atomic mass is 9.62. The largest absolute Gasteiger partial charge is 0.412 e. The number of fused-ring (bicyclic) bond motifs is 1. The van der Waals surface area contributed by atoms with Gasteiger partial charge in [-0.2, -0.15) is 0 Å². The van der Waals surface area contributed by atoms with E-state index in [1.165, 1.54) is 67.8 Å². The first-order chi connectivity index (χ1) is 23.3. The van der Waals surface area contributed by atoms with Gasteiger partial charge in [0.05, 0.1) is 17.8 Å². The summed E-state index contributed by atoms with van der Waals surface area (Å²) < 4.78 is 21.2. The van der Waals surface area contributed by atoms with Gasteiger partial charge >= 0.3 is 0 Å². The highest BCUT2D eigenvalue weighted by Gasteiger charge is 2.50. The van der Waals surface area contributed by atoms with E-state index in [0.29, 0.717) is 17.3 Å². The highest BCUT2D eigenvalue weighted by molar-refractivity contribution is 6.74. The van der Waals surface area contributed by atoms with Gasteiger partial charge in [-0.15, -0.1) is 0 Å². The number of rotatable bonds is 15. The van der Waals surface area contributed by atoms with Crippen LogP contribution in [0, 0.1) is 17.3 Å². The molecule has 5 atom stereocenters. The molecule has 3 rings (SSSR count). The maximum atomic E-state index is 7.13. The normalized spacial score (nSPS) is 28.0. The molecular weight excluding hydrogens is 673 g/mol. The van der Waals surface area contributed by atoms with Crippen molar-refractivity contribution in [3.63, 3.8) is 0 Å². The fourth-order valence-electron chi connectivity index (χ4n) is 9.12. The Labute approximate surface area is 321 Å². The van der Waals surface area contributed by atoms with Crippen molar-refractivity contribution in [1.82, 2.24) is 0 Å². The van der Waals surface area contributed by atoms with Crippen LogP contribution in [0.5, 0.6) is 0 Å². The molecule has 0 radical (unpaired) electrons. The van der Waals surface area contributed by atoms with Gasteiger partial charge in [0.2, 0.25) is 0 Å². The van der Waals surface area contributed by atoms with Crippen molar-refractivity contribution in [3.05, 3.63) is 47.6 Å². The Bertz CT molecular complexity index is 1220. The van der Waals surface area contributed by atoms with Crippen LogP contribution in [0.4, 0.5) is 0 Å². The van der Waals surface area contributed by atoms with Crippen LogP contribution in [-0.2, 0) is 13.3 Å². The van der Waals surface area contributed by atoms with E-state index in [4.69, 9.17) is 19.9 Å². The Morgan fingerprint density at radius 2 is 1.33 bits per heavy atom. The summed E-state index contributed by atoms with van der Waals surface area (Å²) in [5, 5.41) is 0.303. The van der Waals surface area contributed by atoms with Crippen molar-refractivity contribution in [3.8, 4) is 0 Å². The summed E-state index contributed by atoms with van der Waals surface area (Å²) in [6.45, 7) is 47.3. The van der Waals surface area contributed by atoms with Gasteiger partial charge in [0.15, 0.2) is 25.0 Å². The fraction of sp³-hybridized carbons (Fsp3) is 0.822. The summed E-state index contributed by atoms with van der Waals surface area (Å²) in [4.78, 5) is 0. The molecular formula is C45H84O3Si3. The van der Waals surface area contributed by atoms with E-state index < -0.39 is 25.0 Å². The zero-order valence-electron chi connectivity index (χ0n) is 36.8. The van der Waals surface area contributed by atoms with Crippen molar-refractivity contribution in [2.24, 2.45) is 17.3 Å². The Hall–Kier alpha value is -0.509. The molecule has 3 saturated carbocycles. The third-order valence-corrected chi connectivity index (χ3v) is 28.7. The second-order valence-corrected chi connectivity index (χ2v) is 35.1. The molecule has 0 saturated heterocycles. The van der Waals surface area contributed by atoms with Crippen LogP contribution in [0.25, 0.3) is 0 Å². The quantitative estimate of drug-likeness (QED) is 0.123. The molecule has 0 bridgehead atoms. The van der Waals surface area contributed by atoms with E-state index in [9.17, 15) is 0 Å². The van der Waals surface area contributed by atoms with Crippen LogP contribution < -0.4 is 0 Å². The van der Waals surface area contributed by atoms with E-state index in [-0.39, 0.29) is 27.9 Å². The third kappa shape index (κ3) is 10.6. The highest BCUT2D eigenvalue weighted by Crippen LogP contribution is 2.60. The molecule has 0 aromatic carbocycles. The Morgan fingerprint density at radius 3 is 1.80 bits per heavy atom. The molecule has 0 unspecified atom stereocenters. The van der Waals surface area contributed by atoms with Crippen molar-refractivity contribution in [2.75, 3.05) is 0 Å². The SMILES string of the molecule is C=C(CCCC(C)(C)O[Si](CC)(CC)CC)[C@H]1CC[C@H]2/C(=C/C=C3C[C@@H](O[Si](C)(C)C(C)(C)C)C(=C)[C@H](O[Si](C)(C)C(C)(C)C)C3)CCC[C@]12C. The van der Waals surface area contributed by atoms with E-state index in [1.807, 2.05) is 0 Å². The average molecular weight is 757 g/mol. The van der Waals surface area contributed by atoms with Crippen LogP contribution in [0.1, 0.15) is 147 Å². The van der Waals surface area contributed by atoms with Crippen LogP contribution in [0.2, 0.25) is 54.4 Å².